The molecular weight excluding hydrogens is 220 g/mol. The molecule has 17 heavy (non-hydrogen) atoms. The fourth-order valence-electron chi connectivity index (χ4n) is 2.08. The highest BCUT2D eigenvalue weighted by atomic mass is 16.5. The Kier molecular flexibility index (Phi) is 5.88. The van der Waals surface area contributed by atoms with E-state index in [1.807, 2.05) is 13.8 Å². The molecule has 5 nitrogen and oxygen atoms in total. The molecule has 1 heterocycles. The topological polar surface area (TPSA) is 75.8 Å². The van der Waals surface area contributed by atoms with Gasteiger partial charge in [0.2, 0.25) is 5.91 Å². The van der Waals surface area contributed by atoms with Crippen LogP contribution in [0.15, 0.2) is 0 Å². The summed E-state index contributed by atoms with van der Waals surface area (Å²) in [6.45, 7) is 4.95. The van der Waals surface area contributed by atoms with Crippen molar-refractivity contribution in [2.24, 2.45) is 5.73 Å². The molecule has 0 bridgehead atoms. The third kappa shape index (κ3) is 5.02. The maximum Gasteiger partial charge on any atom is 0.222 e. The number of morpholine rings is 1. The summed E-state index contributed by atoms with van der Waals surface area (Å²) in [6, 6.07) is 0.150. The van der Waals surface area contributed by atoms with Gasteiger partial charge in [-0.05, 0) is 26.7 Å². The Morgan fingerprint density at radius 3 is 2.88 bits per heavy atom. The number of aliphatic hydroxyl groups is 1. The Bertz CT molecular complexity index is 246. The first-order valence-electron chi connectivity index (χ1n) is 6.32. The van der Waals surface area contributed by atoms with E-state index in [-0.39, 0.29) is 30.8 Å². The molecule has 1 aliphatic heterocycles. The van der Waals surface area contributed by atoms with Crippen molar-refractivity contribution in [1.29, 1.82) is 0 Å². The van der Waals surface area contributed by atoms with Gasteiger partial charge in [-0.15, -0.1) is 0 Å². The van der Waals surface area contributed by atoms with E-state index in [9.17, 15) is 4.79 Å². The van der Waals surface area contributed by atoms with Crippen LogP contribution in [0.4, 0.5) is 0 Å². The largest absolute Gasteiger partial charge is 0.394 e. The predicted molar refractivity (Wildman–Crippen MR) is 65.5 cm³/mol. The number of nitrogens with zero attached hydrogens (tertiary/aromatic N) is 1. The molecule has 0 aromatic carbocycles. The first-order chi connectivity index (χ1) is 8.02. The number of amides is 1. The van der Waals surface area contributed by atoms with E-state index in [2.05, 4.69) is 0 Å². The molecule has 0 aliphatic carbocycles. The summed E-state index contributed by atoms with van der Waals surface area (Å²) in [7, 11) is 0. The Morgan fingerprint density at radius 2 is 2.29 bits per heavy atom. The molecule has 1 amide bonds. The zero-order valence-corrected chi connectivity index (χ0v) is 10.8. The monoisotopic (exact) mass is 244 g/mol. The lowest BCUT2D eigenvalue weighted by molar-refractivity contribution is -0.147. The molecule has 1 fully saturated rings. The van der Waals surface area contributed by atoms with Gasteiger partial charge in [0.15, 0.2) is 0 Å². The van der Waals surface area contributed by atoms with Crippen LogP contribution in [-0.2, 0) is 9.53 Å². The molecule has 0 saturated carbocycles. The van der Waals surface area contributed by atoms with E-state index in [0.29, 0.717) is 19.5 Å². The van der Waals surface area contributed by atoms with Gasteiger partial charge in [0.25, 0.3) is 0 Å². The number of carbonyl (C=O) groups is 1. The fourth-order valence-corrected chi connectivity index (χ4v) is 2.08. The molecule has 1 aliphatic rings. The molecule has 100 valence electrons. The number of hydrogen-bond donors (Lipinski definition) is 2. The van der Waals surface area contributed by atoms with Crippen LogP contribution < -0.4 is 5.73 Å². The zero-order valence-electron chi connectivity index (χ0n) is 10.8. The van der Waals surface area contributed by atoms with Crippen molar-refractivity contribution >= 4 is 5.91 Å². The summed E-state index contributed by atoms with van der Waals surface area (Å²) in [4.78, 5) is 13.7. The number of aliphatic hydroxyl groups excluding tert-OH is 1. The van der Waals surface area contributed by atoms with Crippen molar-refractivity contribution in [1.82, 2.24) is 4.90 Å². The summed E-state index contributed by atoms with van der Waals surface area (Å²) in [6.07, 6.45) is 1.99. The molecule has 5 heteroatoms. The number of rotatable bonds is 5. The van der Waals surface area contributed by atoms with Crippen LogP contribution >= 0.6 is 0 Å². The van der Waals surface area contributed by atoms with Crippen molar-refractivity contribution < 1.29 is 14.6 Å². The Morgan fingerprint density at radius 1 is 1.59 bits per heavy atom. The lowest BCUT2D eigenvalue weighted by Gasteiger charge is -2.36. The first-order valence-corrected chi connectivity index (χ1v) is 6.32. The van der Waals surface area contributed by atoms with Gasteiger partial charge < -0.3 is 20.5 Å². The van der Waals surface area contributed by atoms with Crippen molar-refractivity contribution in [3.8, 4) is 0 Å². The minimum absolute atomic E-state index is 0.00159. The van der Waals surface area contributed by atoms with Crippen LogP contribution in [0.3, 0.4) is 0 Å². The maximum absolute atomic E-state index is 11.9. The lowest BCUT2D eigenvalue weighted by Crippen LogP contribution is -2.50. The molecule has 0 aromatic rings. The Balaban J connectivity index is 2.34. The van der Waals surface area contributed by atoms with Crippen LogP contribution in [0.5, 0.6) is 0 Å². The highest BCUT2D eigenvalue weighted by Gasteiger charge is 2.27. The van der Waals surface area contributed by atoms with E-state index in [1.165, 1.54) is 0 Å². The SMILES string of the molecule is CC(N)CCCC(=O)N1CC(C)OC(CO)C1. The minimum atomic E-state index is -0.240. The Hall–Kier alpha value is -0.650. The van der Waals surface area contributed by atoms with E-state index >= 15 is 0 Å². The quantitative estimate of drug-likeness (QED) is 0.720. The summed E-state index contributed by atoms with van der Waals surface area (Å²) < 4.78 is 5.49. The molecule has 0 spiro atoms. The highest BCUT2D eigenvalue weighted by molar-refractivity contribution is 5.76. The van der Waals surface area contributed by atoms with Crippen LogP contribution in [0, 0.1) is 0 Å². The summed E-state index contributed by atoms with van der Waals surface area (Å²) in [5.74, 6) is 0.138. The Labute approximate surface area is 103 Å². The molecule has 3 N–H and O–H groups in total. The second-order valence-electron chi connectivity index (χ2n) is 4.92. The maximum atomic E-state index is 11.9. The molecular formula is C12H24N2O3. The first kappa shape index (κ1) is 14.4. The van der Waals surface area contributed by atoms with Crippen LogP contribution in [0.2, 0.25) is 0 Å². The lowest BCUT2D eigenvalue weighted by atomic mass is 10.1. The van der Waals surface area contributed by atoms with Gasteiger partial charge in [-0.25, -0.2) is 0 Å². The van der Waals surface area contributed by atoms with Gasteiger partial charge in [0.1, 0.15) is 0 Å². The standard InChI is InChI=1S/C12H24N2O3/c1-9(13)4-3-5-12(16)14-6-10(2)17-11(7-14)8-15/h9-11,15H,3-8,13H2,1-2H3. The second-order valence-corrected chi connectivity index (χ2v) is 4.92. The number of hydrogen-bond acceptors (Lipinski definition) is 4. The average Bonchev–Trinajstić information content (AvgIpc) is 2.27. The summed E-state index contributed by atoms with van der Waals surface area (Å²) in [5.41, 5.74) is 5.64. The van der Waals surface area contributed by atoms with Gasteiger partial charge in [-0.3, -0.25) is 4.79 Å². The van der Waals surface area contributed by atoms with Gasteiger partial charge in [-0.2, -0.15) is 0 Å². The fraction of sp³-hybridized carbons (Fsp3) is 0.917. The molecule has 0 aromatic heterocycles. The van der Waals surface area contributed by atoms with Crippen molar-refractivity contribution in [3.05, 3.63) is 0 Å². The molecule has 1 saturated heterocycles. The summed E-state index contributed by atoms with van der Waals surface area (Å²) in [5, 5.41) is 9.08. The minimum Gasteiger partial charge on any atom is -0.394 e. The molecule has 3 atom stereocenters. The smallest absolute Gasteiger partial charge is 0.222 e. The summed E-state index contributed by atoms with van der Waals surface area (Å²) >= 11 is 0. The van der Waals surface area contributed by atoms with Gasteiger partial charge >= 0.3 is 0 Å². The van der Waals surface area contributed by atoms with Crippen molar-refractivity contribution in [3.63, 3.8) is 0 Å². The van der Waals surface area contributed by atoms with E-state index < -0.39 is 0 Å². The van der Waals surface area contributed by atoms with Gasteiger partial charge in [0, 0.05) is 25.6 Å². The van der Waals surface area contributed by atoms with Gasteiger partial charge in [-0.1, -0.05) is 0 Å². The van der Waals surface area contributed by atoms with Crippen LogP contribution in [0.1, 0.15) is 33.1 Å². The van der Waals surface area contributed by atoms with E-state index in [1.54, 1.807) is 4.90 Å². The van der Waals surface area contributed by atoms with Crippen LogP contribution in [0.25, 0.3) is 0 Å². The van der Waals surface area contributed by atoms with Crippen molar-refractivity contribution in [2.45, 2.75) is 51.4 Å². The number of nitrogens with two attached hydrogens (primary N) is 1. The van der Waals surface area contributed by atoms with Crippen LogP contribution in [-0.4, -0.2) is 53.9 Å². The third-order valence-electron chi connectivity index (χ3n) is 2.93. The average molecular weight is 244 g/mol. The van der Waals surface area contributed by atoms with Crippen molar-refractivity contribution in [2.75, 3.05) is 19.7 Å². The number of carbonyl (C=O) groups excluding carboxylic acids is 1. The second kappa shape index (κ2) is 6.93. The van der Waals surface area contributed by atoms with E-state index in [0.717, 1.165) is 12.8 Å². The molecule has 3 unspecified atom stereocenters. The predicted octanol–water partition coefficient (Wildman–Crippen LogP) is 0.112. The third-order valence-corrected chi connectivity index (χ3v) is 2.93. The number of ether oxygens (including phenoxy) is 1. The highest BCUT2D eigenvalue weighted by Crippen LogP contribution is 2.13. The normalized spacial score (nSPS) is 26.9. The van der Waals surface area contributed by atoms with Gasteiger partial charge in [0.05, 0.1) is 18.8 Å². The zero-order chi connectivity index (χ0) is 12.8. The molecule has 1 rings (SSSR count). The molecule has 0 radical (unpaired) electrons. The van der Waals surface area contributed by atoms with E-state index in [4.69, 9.17) is 15.6 Å².